The maximum Gasteiger partial charge on any atom is 0.230 e. The molecule has 3 unspecified atom stereocenters. The Bertz CT molecular complexity index is 1120. The summed E-state index contributed by atoms with van der Waals surface area (Å²) in [7, 11) is 1.64. The van der Waals surface area contributed by atoms with E-state index in [0.29, 0.717) is 12.3 Å². The van der Waals surface area contributed by atoms with Gasteiger partial charge in [-0.2, -0.15) is 5.10 Å². The summed E-state index contributed by atoms with van der Waals surface area (Å²) in [5, 5.41) is 10.5. The normalized spacial score (nSPS) is 21.7. The molecule has 3 aliphatic heterocycles. The Morgan fingerprint density at radius 2 is 1.92 bits per heavy atom. The molecule has 5 rings (SSSR count). The number of carbonyl (C=O) groups excluding carboxylic acids is 1. The predicted octanol–water partition coefficient (Wildman–Crippen LogP) is 3.53. The van der Waals surface area contributed by atoms with E-state index in [4.69, 9.17) is 9.47 Å². The maximum absolute atomic E-state index is 12.4. The van der Waals surface area contributed by atoms with Crippen LogP contribution in [0.2, 0.25) is 0 Å². The fourth-order valence-corrected chi connectivity index (χ4v) is 5.43. The molecular formula is C27H34N6O3S. The zero-order valence-corrected chi connectivity index (χ0v) is 22.0. The second-order valence-corrected chi connectivity index (χ2v) is 10.2. The Balaban J connectivity index is 1.10. The number of hydrazone groups is 1. The van der Waals surface area contributed by atoms with E-state index >= 15 is 0 Å². The van der Waals surface area contributed by atoms with Crippen molar-refractivity contribution in [3.63, 3.8) is 0 Å². The van der Waals surface area contributed by atoms with Gasteiger partial charge in [-0.1, -0.05) is 49.4 Å². The van der Waals surface area contributed by atoms with Gasteiger partial charge >= 0.3 is 0 Å². The lowest BCUT2D eigenvalue weighted by Gasteiger charge is -2.36. The number of amidine groups is 1. The number of unbranched alkanes of at least 4 members (excludes halogenated alkanes) is 1. The number of rotatable bonds is 10. The quantitative estimate of drug-likeness (QED) is 0.409. The maximum atomic E-state index is 12.4. The van der Waals surface area contributed by atoms with Crippen molar-refractivity contribution in [3.05, 3.63) is 72.1 Å². The minimum absolute atomic E-state index is 0.0176. The Labute approximate surface area is 222 Å². The molecule has 3 atom stereocenters. The molecule has 10 heteroatoms. The van der Waals surface area contributed by atoms with E-state index in [1.54, 1.807) is 7.11 Å². The highest BCUT2D eigenvalue weighted by Crippen LogP contribution is 2.35. The van der Waals surface area contributed by atoms with E-state index in [-0.39, 0.29) is 24.2 Å². The monoisotopic (exact) mass is 522 g/mol. The number of nitrogens with zero attached hydrogens (tertiary/aromatic N) is 3. The molecule has 0 saturated carbocycles. The topological polar surface area (TPSA) is 90.5 Å². The van der Waals surface area contributed by atoms with Gasteiger partial charge in [-0.25, -0.2) is 5.43 Å². The highest BCUT2D eigenvalue weighted by Gasteiger charge is 2.44. The van der Waals surface area contributed by atoms with Crippen LogP contribution in [0.1, 0.15) is 43.4 Å². The Morgan fingerprint density at radius 1 is 1.14 bits per heavy atom. The Morgan fingerprint density at radius 3 is 2.68 bits per heavy atom. The molecule has 1 amide bonds. The summed E-state index contributed by atoms with van der Waals surface area (Å²) in [4.78, 5) is 14.6. The zero-order valence-electron chi connectivity index (χ0n) is 21.2. The van der Waals surface area contributed by atoms with E-state index < -0.39 is 0 Å². The average molecular weight is 523 g/mol. The van der Waals surface area contributed by atoms with Gasteiger partial charge in [0.1, 0.15) is 17.7 Å². The van der Waals surface area contributed by atoms with Crippen LogP contribution in [0.3, 0.4) is 0 Å². The van der Waals surface area contributed by atoms with E-state index in [9.17, 15) is 4.79 Å². The first-order valence-electron chi connectivity index (χ1n) is 12.7. The number of ether oxygens (including phenoxy) is 2. The van der Waals surface area contributed by atoms with Crippen molar-refractivity contribution in [3.8, 4) is 11.5 Å². The molecule has 37 heavy (non-hydrogen) atoms. The number of amides is 1. The van der Waals surface area contributed by atoms with Crippen LogP contribution in [-0.2, 0) is 11.3 Å². The average Bonchev–Trinajstić information content (AvgIpc) is 3.56. The lowest BCUT2D eigenvalue weighted by Crippen LogP contribution is -2.54. The summed E-state index contributed by atoms with van der Waals surface area (Å²) < 4.78 is 11.0. The van der Waals surface area contributed by atoms with Gasteiger partial charge in [0.25, 0.3) is 0 Å². The van der Waals surface area contributed by atoms with Gasteiger partial charge in [0.2, 0.25) is 5.91 Å². The first-order valence-corrected chi connectivity index (χ1v) is 13.7. The molecular weight excluding hydrogens is 488 g/mol. The number of benzene rings is 2. The highest BCUT2D eigenvalue weighted by atomic mass is 32.2. The van der Waals surface area contributed by atoms with Crippen LogP contribution in [0.15, 0.2) is 66.0 Å². The molecule has 0 aromatic heterocycles. The van der Waals surface area contributed by atoms with Crippen LogP contribution < -0.4 is 25.6 Å². The van der Waals surface area contributed by atoms with Crippen LogP contribution in [0, 0.1) is 0 Å². The number of hydrogen-bond donors (Lipinski definition) is 3. The summed E-state index contributed by atoms with van der Waals surface area (Å²) >= 11 is 1.44. The number of nitrogens with one attached hydrogen (secondary N) is 3. The molecule has 0 aliphatic carbocycles. The summed E-state index contributed by atoms with van der Waals surface area (Å²) in [6.45, 7) is 3.40. The van der Waals surface area contributed by atoms with Gasteiger partial charge in [-0.15, -0.1) is 0 Å². The van der Waals surface area contributed by atoms with Crippen LogP contribution in [0.5, 0.6) is 11.5 Å². The minimum Gasteiger partial charge on any atom is -0.497 e. The Kier molecular flexibility index (Phi) is 8.05. The van der Waals surface area contributed by atoms with Crippen molar-refractivity contribution in [1.82, 2.24) is 26.1 Å². The molecule has 196 valence electrons. The second-order valence-electron chi connectivity index (χ2n) is 9.25. The first-order chi connectivity index (χ1) is 18.1. The van der Waals surface area contributed by atoms with Gasteiger partial charge in [-0.05, 0) is 48.2 Å². The van der Waals surface area contributed by atoms with E-state index in [2.05, 4.69) is 68.6 Å². The van der Waals surface area contributed by atoms with Gasteiger partial charge in [0.15, 0.2) is 5.17 Å². The molecule has 2 aromatic carbocycles. The van der Waals surface area contributed by atoms with Crippen LogP contribution >= 0.6 is 11.8 Å². The summed E-state index contributed by atoms with van der Waals surface area (Å²) in [6.07, 6.45) is 7.21. The summed E-state index contributed by atoms with van der Waals surface area (Å²) in [5.74, 6) is 1.99. The number of thioether (sulfide) groups is 1. The third-order valence-electron chi connectivity index (χ3n) is 6.73. The van der Waals surface area contributed by atoms with Crippen LogP contribution in [-0.4, -0.2) is 52.7 Å². The second kappa shape index (κ2) is 11.8. The third-order valence-corrected chi connectivity index (χ3v) is 7.70. The number of carbonyl (C=O) groups is 1. The van der Waals surface area contributed by atoms with Crippen LogP contribution in [0.4, 0.5) is 0 Å². The van der Waals surface area contributed by atoms with Gasteiger partial charge in [0, 0.05) is 18.9 Å². The fourth-order valence-electron chi connectivity index (χ4n) is 4.62. The smallest absolute Gasteiger partial charge is 0.230 e. The highest BCUT2D eigenvalue weighted by molar-refractivity contribution is 8.14. The predicted molar refractivity (Wildman–Crippen MR) is 146 cm³/mol. The molecule has 0 spiro atoms. The molecule has 2 aromatic rings. The molecule has 3 heterocycles. The standard InChI is InChI=1S/C27H34N6O3S/c1-3-4-15-36-22-11-7-20(8-12-22)23-16-24-26-29-30-27(32(26)13-14-33(24)31-23)37-18-25(34)28-17-19-5-9-21(35-2)10-6-19/h5-14,23-24,26,29,31H,3-4,15-18H2,1-2H3,(H,28,34). The van der Waals surface area contributed by atoms with Crippen molar-refractivity contribution in [1.29, 1.82) is 0 Å². The first kappa shape index (κ1) is 25.3. The molecule has 9 nitrogen and oxygen atoms in total. The largest absolute Gasteiger partial charge is 0.497 e. The van der Waals surface area contributed by atoms with Crippen molar-refractivity contribution in [2.24, 2.45) is 5.10 Å². The molecule has 3 N–H and O–H groups in total. The minimum atomic E-state index is -0.0284. The number of hydrogen-bond acceptors (Lipinski definition) is 9. The van der Waals surface area contributed by atoms with Crippen molar-refractivity contribution < 1.29 is 14.3 Å². The van der Waals surface area contributed by atoms with Crippen molar-refractivity contribution in [2.75, 3.05) is 19.5 Å². The molecule has 0 radical (unpaired) electrons. The summed E-state index contributed by atoms with van der Waals surface area (Å²) in [6, 6.07) is 16.5. The van der Waals surface area contributed by atoms with Crippen molar-refractivity contribution >= 4 is 22.8 Å². The Hall–Kier alpha value is -3.37. The van der Waals surface area contributed by atoms with Gasteiger partial charge < -0.3 is 24.7 Å². The van der Waals surface area contributed by atoms with Gasteiger partial charge in [-0.3, -0.25) is 10.2 Å². The van der Waals surface area contributed by atoms with Gasteiger partial charge in [0.05, 0.1) is 31.6 Å². The van der Waals surface area contributed by atoms with Crippen molar-refractivity contribution in [2.45, 2.75) is 51.0 Å². The van der Waals surface area contributed by atoms with Crippen LogP contribution in [0.25, 0.3) is 0 Å². The SMILES string of the molecule is CCCCOc1ccc(C2CC3C4NN=C(SCC(=O)NCc5ccc(OC)cc5)N4C=CN3N2)cc1. The van der Waals surface area contributed by atoms with E-state index in [1.807, 2.05) is 30.5 Å². The summed E-state index contributed by atoms with van der Waals surface area (Å²) in [5.41, 5.74) is 9.15. The van der Waals surface area contributed by atoms with E-state index in [0.717, 1.165) is 48.1 Å². The zero-order chi connectivity index (χ0) is 25.6. The molecule has 3 aliphatic rings. The lowest BCUT2D eigenvalue weighted by atomic mass is 10.00. The molecule has 1 saturated heterocycles. The number of hydrazine groups is 1. The van der Waals surface area contributed by atoms with E-state index in [1.165, 1.54) is 17.3 Å². The molecule has 0 bridgehead atoms. The fraction of sp³-hybridized carbons (Fsp3) is 0.407. The third kappa shape index (κ3) is 5.97. The lowest BCUT2D eigenvalue weighted by molar-refractivity contribution is -0.118. The number of methoxy groups -OCH3 is 1. The molecule has 1 fully saturated rings. The number of fused-ring (bicyclic) bond motifs is 3.